The lowest BCUT2D eigenvalue weighted by Gasteiger charge is -1.77. The van der Waals surface area contributed by atoms with Crippen LogP contribution in [-0.2, 0) is 6.42 Å². The molecule has 0 saturated heterocycles. The van der Waals surface area contributed by atoms with E-state index in [0.717, 1.165) is 6.42 Å². The van der Waals surface area contributed by atoms with E-state index in [9.17, 15) is 0 Å². The fourth-order valence-electron chi connectivity index (χ4n) is 0.428. The summed E-state index contributed by atoms with van der Waals surface area (Å²) in [7, 11) is 0. The third-order valence-electron chi connectivity index (χ3n) is 0.786. The van der Waals surface area contributed by atoms with Gasteiger partial charge in [-0.1, -0.05) is 43.4 Å². The summed E-state index contributed by atoms with van der Waals surface area (Å²) in [4.78, 5) is 6.02. The van der Waals surface area contributed by atoms with Crippen LogP contribution >= 0.6 is 33.9 Å². The lowest BCUT2D eigenvalue weighted by atomic mass is 10.5. The Labute approximate surface area is 87.4 Å². The third-order valence-corrected chi connectivity index (χ3v) is 1.71. The van der Waals surface area contributed by atoms with Crippen molar-refractivity contribution in [2.45, 2.75) is 27.2 Å². The standard InChI is InChI=1S/C5H7NS.C2H6.CH3I/c1-2-5-6-3-4-7-5;2*1-2/h3-4H,2H2,1H3;1-2H3;1H3. The molecule has 0 N–H and O–H groups in total. The van der Waals surface area contributed by atoms with Crippen molar-refractivity contribution in [1.29, 1.82) is 0 Å². The molecule has 0 fully saturated rings. The van der Waals surface area contributed by atoms with Gasteiger partial charge in [-0.3, -0.25) is 0 Å². The molecule has 11 heavy (non-hydrogen) atoms. The summed E-state index contributed by atoms with van der Waals surface area (Å²) in [5.41, 5.74) is 0. The molecule has 0 saturated carbocycles. The highest BCUT2D eigenvalue weighted by atomic mass is 127. The topological polar surface area (TPSA) is 12.9 Å². The molecule has 1 heterocycles. The van der Waals surface area contributed by atoms with E-state index in [4.69, 9.17) is 0 Å². The van der Waals surface area contributed by atoms with Crippen LogP contribution in [0.2, 0.25) is 0 Å². The van der Waals surface area contributed by atoms with Gasteiger partial charge in [-0.25, -0.2) is 4.98 Å². The zero-order valence-electron chi connectivity index (χ0n) is 7.60. The second-order valence-corrected chi connectivity index (χ2v) is 2.26. The first kappa shape index (κ1) is 13.9. The van der Waals surface area contributed by atoms with Gasteiger partial charge in [0.05, 0.1) is 5.01 Å². The Kier molecular flexibility index (Phi) is 16.4. The van der Waals surface area contributed by atoms with Crippen molar-refractivity contribution >= 4 is 33.9 Å². The van der Waals surface area contributed by atoms with E-state index in [2.05, 4.69) is 34.5 Å². The van der Waals surface area contributed by atoms with Crippen LogP contribution in [0.25, 0.3) is 0 Å². The number of hydrogen-bond donors (Lipinski definition) is 0. The SMILES string of the molecule is CC.CCc1nccs1.CI. The van der Waals surface area contributed by atoms with Crippen molar-refractivity contribution in [3.8, 4) is 0 Å². The lowest BCUT2D eigenvalue weighted by Crippen LogP contribution is -1.70. The number of hydrogen-bond acceptors (Lipinski definition) is 2. The van der Waals surface area contributed by atoms with E-state index in [1.165, 1.54) is 5.01 Å². The monoisotopic (exact) mass is 285 g/mol. The highest BCUT2D eigenvalue weighted by Gasteiger charge is 1.84. The Balaban J connectivity index is 0. The highest BCUT2D eigenvalue weighted by molar-refractivity contribution is 14.1. The maximum atomic E-state index is 4.05. The molecule has 0 spiro atoms. The molecule has 0 bridgehead atoms. The molecule has 3 heteroatoms. The van der Waals surface area contributed by atoms with E-state index in [1.807, 2.05) is 30.4 Å². The smallest absolute Gasteiger partial charge is 0.0922 e. The maximum Gasteiger partial charge on any atom is 0.0922 e. The Morgan fingerprint density at radius 2 is 2.00 bits per heavy atom. The number of nitrogens with zero attached hydrogens (tertiary/aromatic N) is 1. The van der Waals surface area contributed by atoms with Gasteiger partial charge in [0, 0.05) is 11.6 Å². The summed E-state index contributed by atoms with van der Waals surface area (Å²) in [5, 5.41) is 3.22. The fraction of sp³-hybridized carbons (Fsp3) is 0.625. The number of aryl methyl sites for hydroxylation is 1. The molecular formula is C8H16INS. The van der Waals surface area contributed by atoms with Gasteiger partial charge in [-0.15, -0.1) is 11.3 Å². The van der Waals surface area contributed by atoms with Gasteiger partial charge in [0.15, 0.2) is 0 Å². The summed E-state index contributed by atoms with van der Waals surface area (Å²) < 4.78 is 0. The molecule has 0 aliphatic carbocycles. The first-order valence-corrected chi connectivity index (χ1v) is 6.73. The molecule has 0 amide bonds. The van der Waals surface area contributed by atoms with Gasteiger partial charge < -0.3 is 0 Å². The van der Waals surface area contributed by atoms with Gasteiger partial charge in [-0.2, -0.15) is 0 Å². The number of thiazole rings is 1. The zero-order chi connectivity index (χ0) is 9.11. The van der Waals surface area contributed by atoms with Gasteiger partial charge in [-0.05, 0) is 11.4 Å². The Hall–Kier alpha value is 0.360. The first-order chi connectivity index (χ1) is 5.43. The van der Waals surface area contributed by atoms with Crippen molar-refractivity contribution in [2.75, 3.05) is 4.93 Å². The van der Waals surface area contributed by atoms with Crippen LogP contribution in [0.1, 0.15) is 25.8 Å². The van der Waals surface area contributed by atoms with E-state index < -0.39 is 0 Å². The fourth-order valence-corrected chi connectivity index (χ4v) is 0.995. The van der Waals surface area contributed by atoms with Crippen molar-refractivity contribution in [1.82, 2.24) is 4.98 Å². The van der Waals surface area contributed by atoms with Crippen molar-refractivity contribution < 1.29 is 0 Å². The summed E-state index contributed by atoms with van der Waals surface area (Å²) >= 11 is 3.86. The highest BCUT2D eigenvalue weighted by Crippen LogP contribution is 2.02. The summed E-state index contributed by atoms with van der Waals surface area (Å²) in [6.45, 7) is 6.11. The zero-order valence-corrected chi connectivity index (χ0v) is 10.6. The number of alkyl halides is 1. The van der Waals surface area contributed by atoms with E-state index in [-0.39, 0.29) is 0 Å². The molecule has 0 radical (unpaired) electrons. The number of halogens is 1. The summed E-state index contributed by atoms with van der Waals surface area (Å²) in [6, 6.07) is 0. The van der Waals surface area contributed by atoms with Gasteiger partial charge in [0.2, 0.25) is 0 Å². The predicted molar refractivity (Wildman–Crippen MR) is 62.8 cm³/mol. The summed E-state index contributed by atoms with van der Waals surface area (Å²) in [5.74, 6) is 0. The molecule has 1 nitrogen and oxygen atoms in total. The molecule has 0 aromatic carbocycles. The van der Waals surface area contributed by atoms with Crippen LogP contribution in [0.3, 0.4) is 0 Å². The van der Waals surface area contributed by atoms with Crippen LogP contribution in [0.4, 0.5) is 0 Å². The van der Waals surface area contributed by atoms with Crippen molar-refractivity contribution in [3.05, 3.63) is 16.6 Å². The maximum absolute atomic E-state index is 4.05. The average molecular weight is 285 g/mol. The second kappa shape index (κ2) is 13.0. The molecule has 0 aliphatic heterocycles. The normalized spacial score (nSPS) is 7.00. The predicted octanol–water partition coefficient (Wildman–Crippen LogP) is 3.78. The van der Waals surface area contributed by atoms with Crippen LogP contribution in [0, 0.1) is 0 Å². The minimum Gasteiger partial charge on any atom is -0.250 e. The van der Waals surface area contributed by atoms with E-state index in [1.54, 1.807) is 11.3 Å². The van der Waals surface area contributed by atoms with E-state index in [0.29, 0.717) is 0 Å². The second-order valence-electron chi connectivity index (χ2n) is 1.28. The van der Waals surface area contributed by atoms with Crippen LogP contribution in [0.5, 0.6) is 0 Å². The molecular weight excluding hydrogens is 269 g/mol. The minimum absolute atomic E-state index is 1.07. The Bertz CT molecular complexity index is 129. The van der Waals surface area contributed by atoms with E-state index >= 15 is 0 Å². The Morgan fingerprint density at radius 3 is 2.18 bits per heavy atom. The van der Waals surface area contributed by atoms with Crippen LogP contribution in [0.15, 0.2) is 11.6 Å². The lowest BCUT2D eigenvalue weighted by molar-refractivity contribution is 1.09. The largest absolute Gasteiger partial charge is 0.250 e. The van der Waals surface area contributed by atoms with Crippen LogP contribution in [-0.4, -0.2) is 9.91 Å². The third kappa shape index (κ3) is 8.26. The molecule has 1 aromatic heterocycles. The molecule has 0 unspecified atom stereocenters. The van der Waals surface area contributed by atoms with Crippen LogP contribution < -0.4 is 0 Å². The Morgan fingerprint density at radius 1 is 1.45 bits per heavy atom. The van der Waals surface area contributed by atoms with Gasteiger partial charge >= 0.3 is 0 Å². The molecule has 0 atom stereocenters. The van der Waals surface area contributed by atoms with Crippen molar-refractivity contribution in [2.24, 2.45) is 0 Å². The van der Waals surface area contributed by atoms with Gasteiger partial charge in [0.1, 0.15) is 0 Å². The average Bonchev–Trinajstić information content (AvgIpc) is 2.63. The van der Waals surface area contributed by atoms with Gasteiger partial charge in [0.25, 0.3) is 0 Å². The molecule has 66 valence electrons. The summed E-state index contributed by atoms with van der Waals surface area (Å²) in [6.07, 6.45) is 2.90. The van der Waals surface area contributed by atoms with Crippen molar-refractivity contribution in [3.63, 3.8) is 0 Å². The first-order valence-electron chi connectivity index (χ1n) is 3.69. The minimum atomic E-state index is 1.07. The molecule has 1 rings (SSSR count). The molecule has 1 aromatic rings. The number of aromatic nitrogens is 1. The quantitative estimate of drug-likeness (QED) is 0.565. The molecule has 0 aliphatic rings. The number of rotatable bonds is 1.